The third-order valence-corrected chi connectivity index (χ3v) is 2.54. The van der Waals surface area contributed by atoms with E-state index < -0.39 is 0 Å². The number of anilines is 1. The van der Waals surface area contributed by atoms with Crippen molar-refractivity contribution in [1.82, 2.24) is 9.97 Å². The van der Waals surface area contributed by atoms with Crippen LogP contribution < -0.4 is 11.3 Å². The van der Waals surface area contributed by atoms with Gasteiger partial charge >= 0.3 is 0 Å². The van der Waals surface area contributed by atoms with E-state index in [1.807, 2.05) is 24.3 Å². The molecule has 2 aromatic rings. The third kappa shape index (κ3) is 3.01. The lowest BCUT2D eigenvalue weighted by molar-refractivity contribution is 0.905. The third-order valence-electron chi connectivity index (χ3n) is 2.54. The van der Waals surface area contributed by atoms with Gasteiger partial charge < -0.3 is 5.43 Å². The fourth-order valence-corrected chi connectivity index (χ4v) is 1.66. The number of nitrogens with two attached hydrogens (primary N) is 1. The Morgan fingerprint density at radius 3 is 2.59 bits per heavy atom. The second-order valence-corrected chi connectivity index (χ2v) is 3.82. The Kier molecular flexibility index (Phi) is 3.67. The molecule has 88 valence electrons. The summed E-state index contributed by atoms with van der Waals surface area (Å²) in [7, 11) is 0. The molecule has 1 aromatic heterocycles. The molecule has 2 rings (SSSR count). The molecule has 0 saturated heterocycles. The maximum atomic E-state index is 5.40. The van der Waals surface area contributed by atoms with Crippen molar-refractivity contribution in [1.29, 1.82) is 0 Å². The Bertz CT molecular complexity index is 460. The highest BCUT2D eigenvalue weighted by Gasteiger charge is 2.03. The van der Waals surface area contributed by atoms with Crippen LogP contribution in [0.4, 0.5) is 5.82 Å². The molecule has 0 aliphatic heterocycles. The minimum atomic E-state index is 0.669. The summed E-state index contributed by atoms with van der Waals surface area (Å²) in [4.78, 5) is 8.84. The summed E-state index contributed by atoms with van der Waals surface area (Å²) < 4.78 is 0. The number of rotatable bonds is 4. The molecular formula is C13H16N4. The van der Waals surface area contributed by atoms with Crippen molar-refractivity contribution in [3.63, 3.8) is 0 Å². The fraction of sp³-hybridized carbons (Fsp3) is 0.231. The summed E-state index contributed by atoms with van der Waals surface area (Å²) >= 11 is 0. The number of hydrogen-bond acceptors (Lipinski definition) is 4. The standard InChI is InChI=1S/C13H16N4/c1-2-11-9-13(17-14)16-12(15-11)8-10-6-4-3-5-7-10/h3-7,9H,2,8,14H2,1H3,(H,15,16,17). The molecule has 0 saturated carbocycles. The zero-order valence-electron chi connectivity index (χ0n) is 9.85. The highest BCUT2D eigenvalue weighted by Crippen LogP contribution is 2.10. The van der Waals surface area contributed by atoms with Crippen LogP contribution >= 0.6 is 0 Å². The molecule has 0 radical (unpaired) electrons. The van der Waals surface area contributed by atoms with E-state index in [2.05, 4.69) is 34.5 Å². The lowest BCUT2D eigenvalue weighted by atomic mass is 10.1. The van der Waals surface area contributed by atoms with Crippen molar-refractivity contribution in [2.24, 2.45) is 5.84 Å². The maximum Gasteiger partial charge on any atom is 0.143 e. The van der Waals surface area contributed by atoms with Crippen LogP contribution in [0.25, 0.3) is 0 Å². The van der Waals surface area contributed by atoms with Gasteiger partial charge in [0.05, 0.1) is 0 Å². The van der Waals surface area contributed by atoms with Gasteiger partial charge in [0.15, 0.2) is 0 Å². The van der Waals surface area contributed by atoms with Crippen LogP contribution in [0.15, 0.2) is 36.4 Å². The summed E-state index contributed by atoms with van der Waals surface area (Å²) in [6.45, 7) is 2.06. The minimum absolute atomic E-state index is 0.669. The van der Waals surface area contributed by atoms with Crippen LogP contribution in [-0.2, 0) is 12.8 Å². The molecule has 0 aliphatic carbocycles. The van der Waals surface area contributed by atoms with Gasteiger partial charge in [-0.1, -0.05) is 37.3 Å². The van der Waals surface area contributed by atoms with Crippen LogP contribution in [0.5, 0.6) is 0 Å². The van der Waals surface area contributed by atoms with Crippen LogP contribution in [0.2, 0.25) is 0 Å². The first kappa shape index (κ1) is 11.5. The fourth-order valence-electron chi connectivity index (χ4n) is 1.66. The van der Waals surface area contributed by atoms with Gasteiger partial charge in [-0.05, 0) is 12.0 Å². The van der Waals surface area contributed by atoms with E-state index in [4.69, 9.17) is 5.84 Å². The van der Waals surface area contributed by atoms with E-state index in [0.717, 1.165) is 24.4 Å². The Labute approximate surface area is 101 Å². The Hall–Kier alpha value is -1.94. The van der Waals surface area contributed by atoms with E-state index in [9.17, 15) is 0 Å². The molecule has 0 bridgehead atoms. The molecule has 4 nitrogen and oxygen atoms in total. The molecule has 0 unspecified atom stereocenters. The van der Waals surface area contributed by atoms with Crippen molar-refractivity contribution in [3.8, 4) is 0 Å². The number of nitrogens with zero attached hydrogens (tertiary/aromatic N) is 2. The second-order valence-electron chi connectivity index (χ2n) is 3.82. The molecule has 0 spiro atoms. The molecule has 1 aromatic carbocycles. The van der Waals surface area contributed by atoms with E-state index >= 15 is 0 Å². The number of hydrazine groups is 1. The minimum Gasteiger partial charge on any atom is -0.308 e. The van der Waals surface area contributed by atoms with E-state index in [1.54, 1.807) is 0 Å². The van der Waals surface area contributed by atoms with Crippen LogP contribution in [0.3, 0.4) is 0 Å². The highest BCUT2D eigenvalue weighted by molar-refractivity contribution is 5.35. The van der Waals surface area contributed by atoms with Gasteiger partial charge in [0.25, 0.3) is 0 Å². The van der Waals surface area contributed by atoms with Crippen molar-refractivity contribution in [3.05, 3.63) is 53.5 Å². The SMILES string of the molecule is CCc1cc(NN)nc(Cc2ccccc2)n1. The molecule has 0 atom stereocenters. The quantitative estimate of drug-likeness (QED) is 0.620. The molecule has 3 N–H and O–H groups in total. The summed E-state index contributed by atoms with van der Waals surface area (Å²) in [5.41, 5.74) is 4.77. The van der Waals surface area contributed by atoms with Gasteiger partial charge in [-0.25, -0.2) is 15.8 Å². The Morgan fingerprint density at radius 2 is 1.94 bits per heavy atom. The van der Waals surface area contributed by atoms with Crippen molar-refractivity contribution >= 4 is 5.82 Å². The van der Waals surface area contributed by atoms with Crippen LogP contribution in [-0.4, -0.2) is 9.97 Å². The van der Waals surface area contributed by atoms with Crippen molar-refractivity contribution in [2.45, 2.75) is 19.8 Å². The molecule has 1 heterocycles. The average Bonchev–Trinajstić information content (AvgIpc) is 2.39. The van der Waals surface area contributed by atoms with E-state index in [-0.39, 0.29) is 0 Å². The maximum absolute atomic E-state index is 5.40. The lowest BCUT2D eigenvalue weighted by Crippen LogP contribution is -2.11. The summed E-state index contributed by atoms with van der Waals surface area (Å²) in [5, 5.41) is 0. The highest BCUT2D eigenvalue weighted by atomic mass is 15.3. The first-order valence-corrected chi connectivity index (χ1v) is 5.69. The molecule has 4 heteroatoms. The smallest absolute Gasteiger partial charge is 0.143 e. The monoisotopic (exact) mass is 228 g/mol. The number of benzene rings is 1. The Balaban J connectivity index is 2.26. The summed E-state index contributed by atoms with van der Waals surface area (Å²) in [5.74, 6) is 6.86. The summed E-state index contributed by atoms with van der Waals surface area (Å²) in [6.07, 6.45) is 1.60. The first-order valence-electron chi connectivity index (χ1n) is 5.69. The zero-order chi connectivity index (χ0) is 12.1. The molecule has 0 aliphatic rings. The normalized spacial score (nSPS) is 10.2. The topological polar surface area (TPSA) is 63.8 Å². The number of nitrogens with one attached hydrogen (secondary N) is 1. The van der Waals surface area contributed by atoms with Gasteiger partial charge in [-0.3, -0.25) is 0 Å². The van der Waals surface area contributed by atoms with Crippen LogP contribution in [0, 0.1) is 0 Å². The summed E-state index contributed by atoms with van der Waals surface area (Å²) in [6, 6.07) is 12.0. The van der Waals surface area contributed by atoms with Gasteiger partial charge in [0.1, 0.15) is 11.6 Å². The largest absolute Gasteiger partial charge is 0.308 e. The molecule has 0 fully saturated rings. The molecule has 17 heavy (non-hydrogen) atoms. The number of aromatic nitrogens is 2. The zero-order valence-corrected chi connectivity index (χ0v) is 9.85. The van der Waals surface area contributed by atoms with Crippen molar-refractivity contribution in [2.75, 3.05) is 5.43 Å². The van der Waals surface area contributed by atoms with Gasteiger partial charge in [-0.15, -0.1) is 0 Å². The van der Waals surface area contributed by atoms with Gasteiger partial charge in [0.2, 0.25) is 0 Å². The predicted molar refractivity (Wildman–Crippen MR) is 68.5 cm³/mol. The van der Waals surface area contributed by atoms with Gasteiger partial charge in [0, 0.05) is 18.2 Å². The lowest BCUT2D eigenvalue weighted by Gasteiger charge is -2.06. The molecule has 0 amide bonds. The van der Waals surface area contributed by atoms with Gasteiger partial charge in [-0.2, -0.15) is 0 Å². The average molecular weight is 228 g/mol. The number of nitrogen functional groups attached to an aromatic ring is 1. The van der Waals surface area contributed by atoms with E-state index in [0.29, 0.717) is 5.82 Å². The molecular weight excluding hydrogens is 212 g/mol. The van der Waals surface area contributed by atoms with E-state index in [1.165, 1.54) is 5.56 Å². The number of aryl methyl sites for hydroxylation is 1. The van der Waals surface area contributed by atoms with Crippen LogP contribution in [0.1, 0.15) is 24.0 Å². The first-order chi connectivity index (χ1) is 8.31. The predicted octanol–water partition coefficient (Wildman–Crippen LogP) is 1.92. The van der Waals surface area contributed by atoms with Crippen molar-refractivity contribution < 1.29 is 0 Å². The Morgan fingerprint density at radius 1 is 1.18 bits per heavy atom. The second kappa shape index (κ2) is 5.41. The number of hydrogen-bond donors (Lipinski definition) is 2.